The Bertz CT molecular complexity index is 1030. The molecular weight excluding hydrogens is 288 g/mol. The van der Waals surface area contributed by atoms with Crippen LogP contribution in [0.15, 0.2) is 60.9 Å². The molecule has 0 bridgehead atoms. The van der Waals surface area contributed by atoms with E-state index in [-0.39, 0.29) is 5.78 Å². The highest BCUT2D eigenvalue weighted by atomic mass is 16.5. The van der Waals surface area contributed by atoms with Gasteiger partial charge in [0.2, 0.25) is 5.78 Å². The normalized spacial score (nSPS) is 11.0. The van der Waals surface area contributed by atoms with E-state index in [1.165, 1.54) is 0 Å². The Labute approximate surface area is 132 Å². The number of benzene rings is 2. The number of H-pyrrole nitrogens is 1. The average molecular weight is 302 g/mol. The zero-order chi connectivity index (χ0) is 15.8. The summed E-state index contributed by atoms with van der Waals surface area (Å²) in [5, 5.41) is 2.81. The second-order valence-electron chi connectivity index (χ2n) is 5.37. The summed E-state index contributed by atoms with van der Waals surface area (Å²) < 4.78 is 5.23. The molecule has 0 atom stereocenters. The van der Waals surface area contributed by atoms with Crippen molar-refractivity contribution < 1.29 is 9.53 Å². The Morgan fingerprint density at radius 3 is 2.78 bits per heavy atom. The van der Waals surface area contributed by atoms with E-state index in [1.54, 1.807) is 19.5 Å². The minimum atomic E-state index is -0.0653. The fourth-order valence-electron chi connectivity index (χ4n) is 2.80. The lowest BCUT2D eigenvalue weighted by molar-refractivity contribution is 0.103. The predicted octanol–water partition coefficient (Wildman–Crippen LogP) is 3.96. The number of hydrogen-bond donors (Lipinski definition) is 1. The number of rotatable bonds is 3. The van der Waals surface area contributed by atoms with E-state index in [2.05, 4.69) is 9.97 Å². The molecule has 2 heterocycles. The smallest absolute Gasteiger partial charge is 0.211 e. The number of ether oxygens (including phenoxy) is 1. The summed E-state index contributed by atoms with van der Waals surface area (Å²) >= 11 is 0. The number of aromatic amines is 1. The zero-order valence-electron chi connectivity index (χ0n) is 12.5. The van der Waals surface area contributed by atoms with Gasteiger partial charge in [-0.2, -0.15) is 0 Å². The summed E-state index contributed by atoms with van der Waals surface area (Å²) in [6.45, 7) is 0. The molecule has 0 aliphatic heterocycles. The van der Waals surface area contributed by atoms with Crippen LogP contribution in [0.25, 0.3) is 21.7 Å². The average Bonchev–Trinajstić information content (AvgIpc) is 3.03. The van der Waals surface area contributed by atoms with Crippen LogP contribution < -0.4 is 4.74 Å². The molecule has 112 valence electrons. The number of nitrogens with zero attached hydrogens (tertiary/aromatic N) is 1. The first-order valence-electron chi connectivity index (χ1n) is 7.30. The third kappa shape index (κ3) is 2.25. The molecule has 0 fully saturated rings. The standard InChI is InChI=1S/C19H14N2O2/c1-23-14-6-7-17-13(8-14)9-18(21-17)19(22)16-11-20-10-12-4-2-3-5-15(12)16/h2-11,21H,1H3. The summed E-state index contributed by atoms with van der Waals surface area (Å²) in [6, 6.07) is 15.3. The van der Waals surface area contributed by atoms with Crippen molar-refractivity contribution in [1.82, 2.24) is 9.97 Å². The Morgan fingerprint density at radius 2 is 1.91 bits per heavy atom. The summed E-state index contributed by atoms with van der Waals surface area (Å²) in [5.74, 6) is 0.701. The van der Waals surface area contributed by atoms with E-state index < -0.39 is 0 Å². The lowest BCUT2D eigenvalue weighted by atomic mass is 10.0. The second kappa shape index (κ2) is 5.25. The van der Waals surface area contributed by atoms with E-state index in [9.17, 15) is 4.79 Å². The summed E-state index contributed by atoms with van der Waals surface area (Å²) in [5.41, 5.74) is 2.05. The van der Waals surface area contributed by atoms with E-state index in [0.717, 1.165) is 27.4 Å². The first-order chi connectivity index (χ1) is 11.3. The molecule has 1 N–H and O–H groups in total. The molecule has 4 rings (SSSR count). The van der Waals surface area contributed by atoms with Crippen LogP contribution >= 0.6 is 0 Å². The fraction of sp³-hybridized carbons (Fsp3) is 0.0526. The minimum absolute atomic E-state index is 0.0653. The molecule has 0 aliphatic rings. The molecule has 0 radical (unpaired) electrons. The summed E-state index contributed by atoms with van der Waals surface area (Å²) in [6.07, 6.45) is 3.39. The summed E-state index contributed by atoms with van der Waals surface area (Å²) in [7, 11) is 1.63. The fourth-order valence-corrected chi connectivity index (χ4v) is 2.80. The molecule has 0 saturated carbocycles. The number of aromatic nitrogens is 2. The minimum Gasteiger partial charge on any atom is -0.497 e. The van der Waals surface area contributed by atoms with E-state index >= 15 is 0 Å². The van der Waals surface area contributed by atoms with Gasteiger partial charge in [-0.3, -0.25) is 9.78 Å². The van der Waals surface area contributed by atoms with Crippen LogP contribution in [0.5, 0.6) is 5.75 Å². The van der Waals surface area contributed by atoms with Gasteiger partial charge in [0.05, 0.1) is 18.4 Å². The number of fused-ring (bicyclic) bond motifs is 2. The van der Waals surface area contributed by atoms with Crippen LogP contribution in [0.2, 0.25) is 0 Å². The predicted molar refractivity (Wildman–Crippen MR) is 90.0 cm³/mol. The molecular formula is C19H14N2O2. The highest BCUT2D eigenvalue weighted by Crippen LogP contribution is 2.24. The van der Waals surface area contributed by atoms with Crippen molar-refractivity contribution in [2.24, 2.45) is 0 Å². The van der Waals surface area contributed by atoms with Crippen molar-refractivity contribution in [1.29, 1.82) is 0 Å². The molecule has 4 heteroatoms. The number of carbonyl (C=O) groups is 1. The number of hydrogen-bond acceptors (Lipinski definition) is 3. The van der Waals surface area contributed by atoms with Crippen LogP contribution in [0.1, 0.15) is 16.1 Å². The Balaban J connectivity index is 1.84. The SMILES string of the molecule is COc1ccc2[nH]c(C(=O)c3cncc4ccccc34)cc2c1. The number of ketones is 1. The highest BCUT2D eigenvalue weighted by Gasteiger charge is 2.15. The third-order valence-electron chi connectivity index (χ3n) is 3.99. The first-order valence-corrected chi connectivity index (χ1v) is 7.30. The van der Waals surface area contributed by atoms with Gasteiger partial charge in [0, 0.05) is 28.7 Å². The molecule has 2 aromatic heterocycles. The van der Waals surface area contributed by atoms with Gasteiger partial charge in [-0.15, -0.1) is 0 Å². The van der Waals surface area contributed by atoms with Crippen LogP contribution in [0.3, 0.4) is 0 Å². The Hall–Kier alpha value is -3.14. The first kappa shape index (κ1) is 13.5. The van der Waals surface area contributed by atoms with Crippen molar-refractivity contribution in [3.05, 3.63) is 72.2 Å². The Morgan fingerprint density at radius 1 is 1.04 bits per heavy atom. The maximum atomic E-state index is 12.9. The number of methoxy groups -OCH3 is 1. The third-order valence-corrected chi connectivity index (χ3v) is 3.99. The lowest BCUT2D eigenvalue weighted by Gasteiger charge is -2.03. The van der Waals surface area contributed by atoms with Crippen molar-refractivity contribution >= 4 is 27.5 Å². The molecule has 0 amide bonds. The molecule has 0 aliphatic carbocycles. The topological polar surface area (TPSA) is 55.0 Å². The van der Waals surface area contributed by atoms with Gasteiger partial charge < -0.3 is 9.72 Å². The molecule has 4 nitrogen and oxygen atoms in total. The molecule has 0 spiro atoms. The monoisotopic (exact) mass is 302 g/mol. The molecule has 0 unspecified atom stereocenters. The van der Waals surface area contributed by atoms with E-state index in [4.69, 9.17) is 4.74 Å². The largest absolute Gasteiger partial charge is 0.497 e. The van der Waals surface area contributed by atoms with Crippen LogP contribution in [0.4, 0.5) is 0 Å². The van der Waals surface area contributed by atoms with Crippen molar-refractivity contribution in [2.45, 2.75) is 0 Å². The maximum Gasteiger partial charge on any atom is 0.211 e. The van der Waals surface area contributed by atoms with Crippen molar-refractivity contribution in [3.63, 3.8) is 0 Å². The van der Waals surface area contributed by atoms with Gasteiger partial charge in [0.1, 0.15) is 5.75 Å². The molecule has 4 aromatic rings. The van der Waals surface area contributed by atoms with Gasteiger partial charge >= 0.3 is 0 Å². The Kier molecular flexibility index (Phi) is 3.08. The number of pyridine rings is 1. The van der Waals surface area contributed by atoms with Gasteiger partial charge in [-0.1, -0.05) is 24.3 Å². The van der Waals surface area contributed by atoms with Crippen LogP contribution in [-0.2, 0) is 0 Å². The lowest BCUT2D eigenvalue weighted by Crippen LogP contribution is -2.03. The van der Waals surface area contributed by atoms with Gasteiger partial charge in [-0.05, 0) is 29.7 Å². The maximum absolute atomic E-state index is 12.9. The summed E-state index contributed by atoms with van der Waals surface area (Å²) in [4.78, 5) is 20.2. The van der Waals surface area contributed by atoms with Gasteiger partial charge in [0.25, 0.3) is 0 Å². The zero-order valence-corrected chi connectivity index (χ0v) is 12.5. The number of carbonyl (C=O) groups excluding carboxylic acids is 1. The van der Waals surface area contributed by atoms with Crippen molar-refractivity contribution in [2.75, 3.05) is 7.11 Å². The highest BCUT2D eigenvalue weighted by molar-refractivity contribution is 6.16. The van der Waals surface area contributed by atoms with E-state index in [1.807, 2.05) is 48.5 Å². The van der Waals surface area contributed by atoms with Crippen LogP contribution in [0, 0.1) is 0 Å². The van der Waals surface area contributed by atoms with Gasteiger partial charge in [-0.25, -0.2) is 0 Å². The van der Waals surface area contributed by atoms with E-state index in [0.29, 0.717) is 11.3 Å². The number of nitrogens with one attached hydrogen (secondary N) is 1. The molecule has 2 aromatic carbocycles. The van der Waals surface area contributed by atoms with Gasteiger partial charge in [0.15, 0.2) is 0 Å². The van der Waals surface area contributed by atoms with Crippen LogP contribution in [-0.4, -0.2) is 22.9 Å². The molecule has 23 heavy (non-hydrogen) atoms. The second-order valence-corrected chi connectivity index (χ2v) is 5.37. The molecule has 0 saturated heterocycles. The van der Waals surface area contributed by atoms with Crippen molar-refractivity contribution in [3.8, 4) is 5.75 Å². The quantitative estimate of drug-likeness (QED) is 0.583.